The smallest absolute Gasteiger partial charge is 0.236 e. The summed E-state index contributed by atoms with van der Waals surface area (Å²) >= 11 is 15.1. The van der Waals surface area contributed by atoms with Crippen molar-refractivity contribution in [3.63, 3.8) is 0 Å². The number of hydrogen-bond donors (Lipinski definition) is 4. The Labute approximate surface area is 369 Å². The zero-order chi connectivity index (χ0) is 42.7. The number of halogens is 2. The molecule has 2 saturated carbocycles. The predicted molar refractivity (Wildman–Crippen MR) is 232 cm³/mol. The third-order valence-electron chi connectivity index (χ3n) is 10.9. The first-order chi connectivity index (χ1) is 29.7. The van der Waals surface area contributed by atoms with Gasteiger partial charge in [-0.2, -0.15) is 0 Å². The van der Waals surface area contributed by atoms with Crippen LogP contribution >= 0.6 is 45.9 Å². The van der Waals surface area contributed by atoms with E-state index in [1.807, 2.05) is 72.8 Å². The minimum absolute atomic E-state index is 0.0611. The number of benzene rings is 4. The highest BCUT2D eigenvalue weighted by molar-refractivity contribution is 7.16. The van der Waals surface area contributed by atoms with Gasteiger partial charge in [-0.1, -0.05) is 94.4 Å². The van der Waals surface area contributed by atoms with E-state index in [1.54, 1.807) is 31.6 Å². The molecule has 2 unspecified atom stereocenters. The van der Waals surface area contributed by atoms with Gasteiger partial charge < -0.3 is 44.5 Å². The zero-order valence-corrected chi connectivity index (χ0v) is 36.0. The van der Waals surface area contributed by atoms with Crippen LogP contribution in [0.25, 0.3) is 0 Å². The second kappa shape index (κ2) is 18.0. The van der Waals surface area contributed by atoms with Crippen molar-refractivity contribution in [3.8, 4) is 23.0 Å². The van der Waals surface area contributed by atoms with Crippen molar-refractivity contribution in [1.82, 2.24) is 9.97 Å². The maximum absolute atomic E-state index is 13.1. The molecule has 2 atom stereocenters. The Balaban J connectivity index is 0.000000162. The molecular formula is C44H40Cl2N4O9S2. The summed E-state index contributed by atoms with van der Waals surface area (Å²) in [5.41, 5.74) is 2.20. The lowest BCUT2D eigenvalue weighted by molar-refractivity contribution is -0.119. The van der Waals surface area contributed by atoms with Gasteiger partial charge in [0.25, 0.3) is 0 Å². The van der Waals surface area contributed by atoms with Crippen LogP contribution in [0.5, 0.6) is 23.0 Å². The van der Waals surface area contributed by atoms with Crippen LogP contribution in [0.2, 0.25) is 10.0 Å². The number of methoxy groups -OCH3 is 1. The molecule has 61 heavy (non-hydrogen) atoms. The van der Waals surface area contributed by atoms with E-state index >= 15 is 0 Å². The molecule has 2 aromatic heterocycles. The number of nitrogens with one attached hydrogen (secondary N) is 2. The van der Waals surface area contributed by atoms with Gasteiger partial charge in [0.15, 0.2) is 33.3 Å². The number of ether oxygens (including phenoxy) is 5. The summed E-state index contributed by atoms with van der Waals surface area (Å²) in [5, 5.41) is 25.6. The number of aliphatic hydroxyl groups is 2. The molecule has 0 saturated heterocycles. The standard InChI is InChI=1S/C22H19ClN2O4S.C21H17ClN2O4S.CH4O/c1-27-19(14-4-2-3-5-15(14)23)18-11-24-21(30-18)25-20(26)22(8-9-22)13-6-7-16-17(10-13)29-12-28-16;22-14-4-2-1-3-13(14)18(25)17-10-23-20(29-17)24-19(26)21(7-8-21)12-5-6-15-16(9-12)28-11-27-15;1-2/h2-7,10-11,19H,8-9,12H2,1H3,(H,24,25,26);1-6,9-10,18,25H,7-8,11H2,(H,23,24,26);2H,1H3. The van der Waals surface area contributed by atoms with Gasteiger partial charge in [-0.05, 0) is 73.2 Å². The van der Waals surface area contributed by atoms with Crippen LogP contribution in [0.4, 0.5) is 10.3 Å². The van der Waals surface area contributed by atoms with Crippen LogP contribution in [0, 0.1) is 0 Å². The SMILES string of the molecule is CO.COC(c1cnc(NC(=O)C2(c3ccc4c(c3)OCO4)CC2)s1)c1ccccc1Cl.O=C(Nc1ncc(C(O)c2ccccc2Cl)s1)C1(c2ccc3c(c2)OCO3)CC1. The van der Waals surface area contributed by atoms with E-state index in [0.29, 0.717) is 53.7 Å². The van der Waals surface area contributed by atoms with Crippen LogP contribution in [0.1, 0.15) is 69.9 Å². The predicted octanol–water partition coefficient (Wildman–Crippen LogP) is 8.82. The molecule has 0 spiro atoms. The van der Waals surface area contributed by atoms with Gasteiger partial charge in [0.2, 0.25) is 25.4 Å². The van der Waals surface area contributed by atoms with Gasteiger partial charge in [0.1, 0.15) is 12.2 Å². The van der Waals surface area contributed by atoms with E-state index < -0.39 is 16.9 Å². The van der Waals surface area contributed by atoms with Crippen molar-refractivity contribution >= 4 is 68.0 Å². The fourth-order valence-electron chi connectivity index (χ4n) is 7.24. The third-order valence-corrected chi connectivity index (χ3v) is 13.5. The van der Waals surface area contributed by atoms with E-state index in [2.05, 4.69) is 20.6 Å². The molecule has 17 heteroatoms. The molecule has 4 N–H and O–H groups in total. The number of rotatable bonds is 11. The topological polar surface area (TPSA) is 171 Å². The summed E-state index contributed by atoms with van der Waals surface area (Å²) in [5.74, 6) is 2.60. The number of amides is 2. The highest BCUT2D eigenvalue weighted by Gasteiger charge is 2.53. The Kier molecular flexibility index (Phi) is 12.5. The van der Waals surface area contributed by atoms with Crippen LogP contribution in [-0.2, 0) is 25.2 Å². The van der Waals surface area contributed by atoms with Crippen LogP contribution < -0.4 is 29.6 Å². The maximum atomic E-state index is 13.1. The molecule has 2 aliphatic carbocycles. The Hall–Kier alpha value is -5.26. The summed E-state index contributed by atoms with van der Waals surface area (Å²) in [6.45, 7) is 0.416. The fourth-order valence-corrected chi connectivity index (χ4v) is 9.43. The van der Waals surface area contributed by atoms with Crippen molar-refractivity contribution in [2.45, 2.75) is 48.7 Å². The Morgan fingerprint density at radius 2 is 1.11 bits per heavy atom. The van der Waals surface area contributed by atoms with E-state index in [-0.39, 0.29) is 31.5 Å². The summed E-state index contributed by atoms with van der Waals surface area (Å²) in [4.78, 5) is 36.2. The van der Waals surface area contributed by atoms with Gasteiger partial charge in [-0.25, -0.2) is 9.97 Å². The van der Waals surface area contributed by atoms with Gasteiger partial charge >= 0.3 is 0 Å². The summed E-state index contributed by atoms with van der Waals surface area (Å²) < 4.78 is 27.3. The van der Waals surface area contributed by atoms with Crippen LogP contribution in [-0.4, -0.2) is 59.8 Å². The van der Waals surface area contributed by atoms with E-state index in [9.17, 15) is 14.7 Å². The van der Waals surface area contributed by atoms with E-state index in [4.69, 9.17) is 52.0 Å². The molecule has 4 aliphatic rings. The average Bonchev–Trinajstić information content (AvgIpc) is 3.95. The van der Waals surface area contributed by atoms with Crippen molar-refractivity contribution in [1.29, 1.82) is 0 Å². The van der Waals surface area contributed by atoms with Crippen molar-refractivity contribution < 1.29 is 43.5 Å². The second-order valence-corrected chi connectivity index (χ2v) is 17.3. The number of aromatic nitrogens is 2. The Morgan fingerprint density at radius 3 is 1.59 bits per heavy atom. The quantitative estimate of drug-likeness (QED) is 0.0980. The lowest BCUT2D eigenvalue weighted by Gasteiger charge is -2.16. The van der Waals surface area contributed by atoms with Crippen LogP contribution in [0.15, 0.2) is 97.3 Å². The third kappa shape index (κ3) is 8.64. The number of aliphatic hydroxyl groups excluding tert-OH is 2. The molecule has 316 valence electrons. The van der Waals surface area contributed by atoms with Crippen molar-refractivity contribution in [2.24, 2.45) is 0 Å². The van der Waals surface area contributed by atoms with Crippen molar-refractivity contribution in [2.75, 3.05) is 38.4 Å². The summed E-state index contributed by atoms with van der Waals surface area (Å²) in [7, 11) is 2.63. The van der Waals surface area contributed by atoms with Crippen LogP contribution in [0.3, 0.4) is 0 Å². The number of carbonyl (C=O) groups excluding carboxylic acids is 2. The lowest BCUT2D eigenvalue weighted by atomic mass is 9.94. The maximum Gasteiger partial charge on any atom is 0.236 e. The first-order valence-corrected chi connectivity index (χ1v) is 21.6. The highest BCUT2D eigenvalue weighted by atomic mass is 35.5. The normalized spacial score (nSPS) is 16.5. The van der Waals surface area contributed by atoms with Crippen molar-refractivity contribution in [3.05, 3.63) is 139 Å². The average molecular weight is 904 g/mol. The fraction of sp³-hybridized carbons (Fsp3) is 0.273. The van der Waals surface area contributed by atoms with E-state index in [1.165, 1.54) is 22.7 Å². The molecule has 4 heterocycles. The molecule has 2 fully saturated rings. The minimum Gasteiger partial charge on any atom is -0.454 e. The molecule has 10 rings (SSSR count). The molecule has 13 nitrogen and oxygen atoms in total. The number of anilines is 2. The molecule has 0 bridgehead atoms. The minimum atomic E-state index is -0.893. The number of carbonyl (C=O) groups is 2. The van der Waals surface area contributed by atoms with Gasteiger partial charge in [0.05, 0.1) is 20.6 Å². The number of thiazole rings is 2. The van der Waals surface area contributed by atoms with Gasteiger partial charge in [-0.3, -0.25) is 9.59 Å². The number of fused-ring (bicyclic) bond motifs is 2. The highest BCUT2D eigenvalue weighted by Crippen LogP contribution is 2.52. The molecule has 4 aromatic carbocycles. The van der Waals surface area contributed by atoms with E-state index in [0.717, 1.165) is 54.4 Å². The molecule has 6 aromatic rings. The first-order valence-electron chi connectivity index (χ1n) is 19.2. The summed E-state index contributed by atoms with van der Waals surface area (Å²) in [6.07, 6.45) is 5.15. The van der Waals surface area contributed by atoms with Gasteiger partial charge in [-0.15, -0.1) is 0 Å². The van der Waals surface area contributed by atoms with Gasteiger partial charge in [0, 0.05) is 47.8 Å². The first kappa shape index (κ1) is 42.4. The number of hydrogen-bond acceptors (Lipinski definition) is 13. The monoisotopic (exact) mass is 902 g/mol. The lowest BCUT2D eigenvalue weighted by Crippen LogP contribution is -2.27. The second-order valence-electron chi connectivity index (χ2n) is 14.4. The summed E-state index contributed by atoms with van der Waals surface area (Å²) in [6, 6.07) is 26.0. The molecule has 2 aliphatic heterocycles. The molecule has 0 radical (unpaired) electrons. The zero-order valence-electron chi connectivity index (χ0n) is 32.9. The Morgan fingerprint density at radius 1 is 0.672 bits per heavy atom. The number of nitrogens with zero attached hydrogens (tertiary/aromatic N) is 2. The molecular weight excluding hydrogens is 864 g/mol. The largest absolute Gasteiger partial charge is 0.454 e. The Bertz CT molecular complexity index is 2560. The molecule has 2 amide bonds.